The number of rotatable bonds is 11. The normalized spacial score (nSPS) is 22.5. The van der Waals surface area contributed by atoms with Crippen molar-refractivity contribution in [1.82, 2.24) is 15.7 Å². The van der Waals surface area contributed by atoms with E-state index in [1.807, 2.05) is 31.7 Å². The van der Waals surface area contributed by atoms with Crippen LogP contribution in [-0.4, -0.2) is 80.0 Å². The van der Waals surface area contributed by atoms with Crippen LogP contribution in [0, 0.1) is 23.1 Å². The van der Waals surface area contributed by atoms with Crippen LogP contribution in [0.3, 0.4) is 0 Å². The Morgan fingerprint density at radius 1 is 1.07 bits per heavy atom. The minimum Gasteiger partial charge on any atom is -0.378 e. The van der Waals surface area contributed by atoms with Crippen molar-refractivity contribution in [3.05, 3.63) is 23.5 Å². The first kappa shape index (κ1) is 31.5. The molecule has 3 atom stereocenters. The lowest BCUT2D eigenvalue weighted by Crippen LogP contribution is -2.56. The molecular weight excluding hydrogens is 553 g/mol. The highest BCUT2D eigenvalue weighted by Crippen LogP contribution is 2.43. The third kappa shape index (κ3) is 7.60. The molecule has 3 fully saturated rings. The lowest BCUT2D eigenvalue weighted by atomic mass is 9.84. The maximum atomic E-state index is 15.6. The van der Waals surface area contributed by atoms with Crippen LogP contribution < -0.4 is 20.4 Å². The van der Waals surface area contributed by atoms with Gasteiger partial charge in [0.05, 0.1) is 37.4 Å². The third-order valence-electron chi connectivity index (χ3n) is 9.50. The van der Waals surface area contributed by atoms with Crippen molar-refractivity contribution in [3.63, 3.8) is 0 Å². The number of hydrogen-bond donors (Lipinski definition) is 3. The number of morpholine rings is 1. The molecule has 0 bridgehead atoms. The number of carbonyl (C=O) groups excluding carboxylic acids is 3. The largest absolute Gasteiger partial charge is 0.378 e. The predicted molar refractivity (Wildman–Crippen MR) is 161 cm³/mol. The Balaban J connectivity index is 1.35. The molecule has 0 radical (unpaired) electrons. The summed E-state index contributed by atoms with van der Waals surface area (Å²) in [6, 6.07) is 2.70. The van der Waals surface area contributed by atoms with Crippen LogP contribution in [0.1, 0.15) is 83.7 Å². The number of fused-ring (bicyclic) bond motifs is 1. The second kappa shape index (κ2) is 13.4. The summed E-state index contributed by atoms with van der Waals surface area (Å²) in [7, 11) is 0. The monoisotopic (exact) mass is 601 g/mol. The van der Waals surface area contributed by atoms with Crippen LogP contribution in [0.5, 0.6) is 0 Å². The van der Waals surface area contributed by atoms with Gasteiger partial charge in [-0.15, -0.1) is 0 Å². The highest BCUT2D eigenvalue weighted by Gasteiger charge is 2.40. The number of amides is 3. The molecule has 2 heterocycles. The first-order valence-corrected chi connectivity index (χ1v) is 16.0. The average Bonchev–Trinajstić information content (AvgIpc) is 3.69. The van der Waals surface area contributed by atoms with Crippen molar-refractivity contribution in [2.45, 2.75) is 90.3 Å². The smallest absolute Gasteiger partial charge is 0.243 e. The van der Waals surface area contributed by atoms with Gasteiger partial charge in [-0.05, 0) is 49.1 Å². The van der Waals surface area contributed by atoms with Gasteiger partial charge in [0, 0.05) is 36.9 Å². The maximum Gasteiger partial charge on any atom is 0.243 e. The van der Waals surface area contributed by atoms with Crippen LogP contribution in [0.4, 0.5) is 15.8 Å². The number of hydroxylamine groups is 2. The number of ether oxygens (including phenoxy) is 1. The van der Waals surface area contributed by atoms with Crippen LogP contribution in [-0.2, 0) is 19.1 Å². The minimum atomic E-state index is -0.864. The van der Waals surface area contributed by atoms with Gasteiger partial charge in [-0.2, -0.15) is 0 Å². The van der Waals surface area contributed by atoms with Crippen molar-refractivity contribution in [2.75, 3.05) is 49.2 Å². The van der Waals surface area contributed by atoms with Gasteiger partial charge in [-0.25, -0.2) is 9.45 Å². The topological polar surface area (TPSA) is 114 Å². The Hall–Kier alpha value is -2.92. The van der Waals surface area contributed by atoms with Gasteiger partial charge in [0.2, 0.25) is 18.2 Å². The number of nitrogens with zero attached hydrogens (tertiary/aromatic N) is 3. The van der Waals surface area contributed by atoms with E-state index in [2.05, 4.69) is 15.5 Å². The van der Waals surface area contributed by atoms with Crippen LogP contribution in [0.2, 0.25) is 0 Å². The van der Waals surface area contributed by atoms with Gasteiger partial charge in [0.25, 0.3) is 0 Å². The zero-order chi connectivity index (χ0) is 30.7. The van der Waals surface area contributed by atoms with E-state index in [1.165, 1.54) is 0 Å². The summed E-state index contributed by atoms with van der Waals surface area (Å²) in [5.74, 6) is -1.27. The molecule has 3 N–H and O–H groups in total. The van der Waals surface area contributed by atoms with Gasteiger partial charge in [-0.1, -0.05) is 46.5 Å². The number of hydrogen-bond acceptors (Lipinski definition) is 7. The number of anilines is 2. The molecule has 2 saturated carbocycles. The van der Waals surface area contributed by atoms with E-state index in [4.69, 9.17) is 4.74 Å². The Morgan fingerprint density at radius 2 is 1.77 bits per heavy atom. The molecule has 5 rings (SSSR count). The second-order valence-electron chi connectivity index (χ2n) is 13.9. The van der Waals surface area contributed by atoms with Gasteiger partial charge in [-0.3, -0.25) is 19.6 Å². The molecular formula is C32H48FN5O5. The van der Waals surface area contributed by atoms with Crippen molar-refractivity contribution in [3.8, 4) is 0 Å². The zero-order valence-corrected chi connectivity index (χ0v) is 25.8. The van der Waals surface area contributed by atoms with E-state index in [0.717, 1.165) is 56.3 Å². The number of halogens is 1. The molecule has 2 aliphatic heterocycles. The minimum absolute atomic E-state index is 0.123. The Bertz CT molecular complexity index is 1160. The Morgan fingerprint density at radius 3 is 2.40 bits per heavy atom. The van der Waals surface area contributed by atoms with Crippen LogP contribution >= 0.6 is 0 Å². The summed E-state index contributed by atoms with van der Waals surface area (Å²) in [6.07, 6.45) is 7.96. The van der Waals surface area contributed by atoms with Crippen molar-refractivity contribution in [1.29, 1.82) is 0 Å². The highest BCUT2D eigenvalue weighted by molar-refractivity contribution is 5.89. The summed E-state index contributed by atoms with van der Waals surface area (Å²) in [6.45, 7) is 8.71. The van der Waals surface area contributed by atoms with E-state index in [0.29, 0.717) is 68.3 Å². The predicted octanol–water partition coefficient (Wildman–Crippen LogP) is 3.77. The summed E-state index contributed by atoms with van der Waals surface area (Å²) in [4.78, 5) is 43.0. The Labute approximate surface area is 254 Å². The maximum absolute atomic E-state index is 15.6. The van der Waals surface area contributed by atoms with E-state index in [1.54, 1.807) is 6.07 Å². The molecule has 10 nitrogen and oxygen atoms in total. The van der Waals surface area contributed by atoms with Crippen LogP contribution in [0.25, 0.3) is 0 Å². The quantitative estimate of drug-likeness (QED) is 0.201. The molecule has 2 aliphatic carbocycles. The first-order chi connectivity index (χ1) is 20.5. The molecule has 1 aromatic rings. The molecule has 1 unspecified atom stereocenters. The molecule has 0 spiro atoms. The number of benzene rings is 1. The lowest BCUT2D eigenvalue weighted by Gasteiger charge is -2.39. The van der Waals surface area contributed by atoms with Crippen LogP contribution in [0.15, 0.2) is 12.1 Å². The van der Waals surface area contributed by atoms with Crippen molar-refractivity contribution >= 4 is 29.6 Å². The standard InChI is InChI=1S/C32H48FN5O5/c1-32(2,3)29(35-30(40)22(19-37(42)20-39)16-21-6-4-5-7-21)31(41)34-26-10-11-38(23-8-9-23)27-18-28(25(33)17-24(26)27)36-12-14-43-15-13-36/h17-18,20-23,26,29,42H,4-16,19H2,1-3H3,(H,34,41)(H,35,40)/t22-,26?,29-/m1/s1. The van der Waals surface area contributed by atoms with E-state index in [9.17, 15) is 19.6 Å². The van der Waals surface area contributed by atoms with Gasteiger partial charge < -0.3 is 25.2 Å². The molecule has 1 aromatic carbocycles. The molecule has 3 amide bonds. The summed E-state index contributed by atoms with van der Waals surface area (Å²) in [5.41, 5.74) is 1.68. The fourth-order valence-electron chi connectivity index (χ4n) is 6.97. The van der Waals surface area contributed by atoms with Gasteiger partial charge in [0.1, 0.15) is 11.9 Å². The molecule has 0 aromatic heterocycles. The Kier molecular flexibility index (Phi) is 9.80. The van der Waals surface area contributed by atoms with E-state index < -0.39 is 23.4 Å². The van der Waals surface area contributed by atoms with Gasteiger partial charge in [0.15, 0.2) is 0 Å². The SMILES string of the molecule is CC(C)(C)[C@H](NC(=O)[C@H](CC1CCCC1)CN(O)C=O)C(=O)NC1CCN(C2CC2)c2cc(N3CCOCC3)c(F)cc21. The highest BCUT2D eigenvalue weighted by atomic mass is 19.1. The molecule has 4 aliphatic rings. The fourth-order valence-corrected chi connectivity index (χ4v) is 6.97. The number of nitrogens with one attached hydrogen (secondary N) is 2. The van der Waals surface area contributed by atoms with Gasteiger partial charge >= 0.3 is 0 Å². The molecule has 238 valence electrons. The third-order valence-corrected chi connectivity index (χ3v) is 9.50. The molecule has 43 heavy (non-hydrogen) atoms. The number of carbonyl (C=O) groups is 3. The first-order valence-electron chi connectivity index (χ1n) is 16.0. The fraction of sp³-hybridized carbons (Fsp3) is 0.719. The summed E-state index contributed by atoms with van der Waals surface area (Å²) >= 11 is 0. The second-order valence-corrected chi connectivity index (χ2v) is 13.9. The summed E-state index contributed by atoms with van der Waals surface area (Å²) < 4.78 is 21.1. The zero-order valence-electron chi connectivity index (χ0n) is 25.8. The van der Waals surface area contributed by atoms with E-state index in [-0.39, 0.29) is 24.2 Å². The van der Waals surface area contributed by atoms with Crippen molar-refractivity contribution in [2.24, 2.45) is 17.3 Å². The van der Waals surface area contributed by atoms with Crippen molar-refractivity contribution < 1.29 is 28.7 Å². The molecule has 1 saturated heterocycles. The lowest BCUT2D eigenvalue weighted by molar-refractivity contribution is -0.155. The summed E-state index contributed by atoms with van der Waals surface area (Å²) in [5, 5.41) is 16.6. The molecule has 11 heteroatoms. The average molecular weight is 602 g/mol. The van der Waals surface area contributed by atoms with E-state index >= 15 is 4.39 Å².